The van der Waals surface area contributed by atoms with Crippen molar-refractivity contribution in [3.8, 4) is 0 Å². The van der Waals surface area contributed by atoms with Gasteiger partial charge in [0.05, 0.1) is 11.7 Å². The van der Waals surface area contributed by atoms with Gasteiger partial charge < -0.3 is 10.6 Å². The van der Waals surface area contributed by atoms with E-state index >= 15 is 0 Å². The summed E-state index contributed by atoms with van der Waals surface area (Å²) in [6, 6.07) is 1.83. The number of amides is 1. The lowest BCUT2D eigenvalue weighted by Gasteiger charge is -2.10. The van der Waals surface area contributed by atoms with E-state index in [2.05, 4.69) is 15.7 Å². The molecule has 1 aliphatic heterocycles. The Hall–Kier alpha value is -1.36. The summed E-state index contributed by atoms with van der Waals surface area (Å²) in [6.45, 7) is 2.84. The molecule has 0 spiro atoms. The normalized spacial score (nSPS) is 20.5. The third-order valence-electron chi connectivity index (χ3n) is 2.63. The number of hydrogen-bond donors (Lipinski definition) is 2. The molecule has 0 aromatic carbocycles. The van der Waals surface area contributed by atoms with E-state index in [-0.39, 0.29) is 11.9 Å². The van der Waals surface area contributed by atoms with Crippen LogP contribution in [0.2, 0.25) is 0 Å². The minimum absolute atomic E-state index is 0.0375. The molecule has 1 fully saturated rings. The van der Waals surface area contributed by atoms with Crippen LogP contribution in [0.5, 0.6) is 0 Å². The molecule has 2 heterocycles. The van der Waals surface area contributed by atoms with E-state index in [1.165, 1.54) is 0 Å². The van der Waals surface area contributed by atoms with Crippen LogP contribution in [0.4, 0.5) is 5.82 Å². The number of anilines is 1. The summed E-state index contributed by atoms with van der Waals surface area (Å²) < 4.78 is 1.68. The van der Waals surface area contributed by atoms with Crippen molar-refractivity contribution in [2.45, 2.75) is 25.8 Å². The number of hydrogen-bond acceptors (Lipinski definition) is 3. The zero-order valence-corrected chi connectivity index (χ0v) is 9.08. The van der Waals surface area contributed by atoms with Gasteiger partial charge in [0.2, 0.25) is 5.91 Å². The van der Waals surface area contributed by atoms with Crippen LogP contribution in [0.1, 0.15) is 18.5 Å². The van der Waals surface area contributed by atoms with E-state index in [0.717, 1.165) is 30.9 Å². The van der Waals surface area contributed by atoms with Gasteiger partial charge in [0.15, 0.2) is 0 Å². The Balaban J connectivity index is 2.01. The van der Waals surface area contributed by atoms with Crippen LogP contribution in [0, 0.1) is 6.92 Å². The molecule has 0 bridgehead atoms. The second-order valence-corrected chi connectivity index (χ2v) is 3.93. The average Bonchev–Trinajstić information content (AvgIpc) is 2.76. The van der Waals surface area contributed by atoms with Crippen molar-refractivity contribution in [1.82, 2.24) is 15.1 Å². The highest BCUT2D eigenvalue weighted by Crippen LogP contribution is 2.11. The SMILES string of the molecule is Cc1cc(NC(=O)[C@H]2CCCN2)n(C)n1. The van der Waals surface area contributed by atoms with Crippen molar-refractivity contribution in [2.24, 2.45) is 7.05 Å². The number of aryl methyl sites for hydroxylation is 2. The molecule has 82 valence electrons. The second-order valence-electron chi connectivity index (χ2n) is 3.93. The maximum Gasteiger partial charge on any atom is 0.242 e. The van der Waals surface area contributed by atoms with E-state index in [4.69, 9.17) is 0 Å². The quantitative estimate of drug-likeness (QED) is 0.740. The zero-order chi connectivity index (χ0) is 10.8. The number of nitrogens with zero attached hydrogens (tertiary/aromatic N) is 2. The maximum absolute atomic E-state index is 11.8. The smallest absolute Gasteiger partial charge is 0.242 e. The molecule has 5 nitrogen and oxygen atoms in total. The largest absolute Gasteiger partial charge is 0.310 e. The average molecular weight is 208 g/mol. The first kappa shape index (κ1) is 10.2. The van der Waals surface area contributed by atoms with Gasteiger partial charge in [-0.05, 0) is 26.3 Å². The third-order valence-corrected chi connectivity index (χ3v) is 2.63. The minimum atomic E-state index is -0.0415. The molecule has 15 heavy (non-hydrogen) atoms. The van der Waals surface area contributed by atoms with Gasteiger partial charge in [-0.2, -0.15) is 5.10 Å². The molecule has 1 saturated heterocycles. The lowest BCUT2D eigenvalue weighted by molar-refractivity contribution is -0.117. The van der Waals surface area contributed by atoms with Gasteiger partial charge >= 0.3 is 0 Å². The fraction of sp³-hybridized carbons (Fsp3) is 0.600. The Labute approximate surface area is 88.8 Å². The number of nitrogens with one attached hydrogen (secondary N) is 2. The first-order valence-electron chi connectivity index (χ1n) is 5.22. The van der Waals surface area contributed by atoms with Gasteiger partial charge in [0.1, 0.15) is 5.82 Å². The summed E-state index contributed by atoms with van der Waals surface area (Å²) in [7, 11) is 1.82. The van der Waals surface area contributed by atoms with Crippen molar-refractivity contribution < 1.29 is 4.79 Å². The molecule has 2 N–H and O–H groups in total. The molecular weight excluding hydrogens is 192 g/mol. The standard InChI is InChI=1S/C10H16N4O/c1-7-6-9(14(2)13-7)12-10(15)8-4-3-5-11-8/h6,8,11H,3-5H2,1-2H3,(H,12,15)/t8-/m1/s1. The molecule has 1 aliphatic rings. The highest BCUT2D eigenvalue weighted by atomic mass is 16.2. The Morgan fingerprint density at radius 2 is 2.53 bits per heavy atom. The second kappa shape index (κ2) is 4.02. The van der Waals surface area contributed by atoms with Crippen LogP contribution in [-0.4, -0.2) is 28.3 Å². The Morgan fingerprint density at radius 3 is 3.07 bits per heavy atom. The Kier molecular flexibility index (Phi) is 2.73. The summed E-state index contributed by atoms with van der Waals surface area (Å²) in [5.41, 5.74) is 0.909. The first-order valence-corrected chi connectivity index (χ1v) is 5.22. The molecule has 0 saturated carbocycles. The van der Waals surface area contributed by atoms with Gasteiger partial charge in [-0.25, -0.2) is 0 Å². The zero-order valence-electron chi connectivity index (χ0n) is 9.08. The van der Waals surface area contributed by atoms with E-state index in [9.17, 15) is 4.79 Å². The summed E-state index contributed by atoms with van der Waals surface area (Å²) in [6.07, 6.45) is 1.99. The Bertz CT molecular complexity index is 365. The van der Waals surface area contributed by atoms with Crippen molar-refractivity contribution in [3.63, 3.8) is 0 Å². The molecule has 1 aromatic rings. The molecule has 0 radical (unpaired) electrons. The summed E-state index contributed by atoms with van der Waals surface area (Å²) in [5, 5.41) is 10.2. The van der Waals surface area contributed by atoms with Crippen molar-refractivity contribution in [3.05, 3.63) is 11.8 Å². The van der Waals surface area contributed by atoms with E-state index in [1.54, 1.807) is 4.68 Å². The predicted octanol–water partition coefficient (Wildman–Crippen LogP) is 0.419. The van der Waals surface area contributed by atoms with Crippen molar-refractivity contribution in [1.29, 1.82) is 0 Å². The number of carbonyl (C=O) groups is 1. The van der Waals surface area contributed by atoms with E-state index in [0.29, 0.717) is 0 Å². The molecule has 2 rings (SSSR count). The van der Waals surface area contributed by atoms with E-state index < -0.39 is 0 Å². The van der Waals surface area contributed by atoms with Crippen LogP contribution < -0.4 is 10.6 Å². The molecule has 0 unspecified atom stereocenters. The minimum Gasteiger partial charge on any atom is -0.310 e. The Morgan fingerprint density at radius 1 is 1.73 bits per heavy atom. The summed E-state index contributed by atoms with van der Waals surface area (Å²) >= 11 is 0. The molecule has 5 heteroatoms. The summed E-state index contributed by atoms with van der Waals surface area (Å²) in [4.78, 5) is 11.8. The molecule has 0 aliphatic carbocycles. The fourth-order valence-electron chi connectivity index (χ4n) is 1.85. The van der Waals surface area contributed by atoms with Crippen LogP contribution in [0.3, 0.4) is 0 Å². The fourth-order valence-corrected chi connectivity index (χ4v) is 1.85. The topological polar surface area (TPSA) is 59.0 Å². The summed E-state index contributed by atoms with van der Waals surface area (Å²) in [5.74, 6) is 0.793. The highest BCUT2D eigenvalue weighted by Gasteiger charge is 2.22. The lowest BCUT2D eigenvalue weighted by atomic mass is 10.2. The van der Waals surface area contributed by atoms with Gasteiger partial charge in [0, 0.05) is 13.1 Å². The van der Waals surface area contributed by atoms with Crippen LogP contribution >= 0.6 is 0 Å². The van der Waals surface area contributed by atoms with Crippen molar-refractivity contribution in [2.75, 3.05) is 11.9 Å². The van der Waals surface area contributed by atoms with Gasteiger partial charge in [-0.15, -0.1) is 0 Å². The van der Waals surface area contributed by atoms with Crippen molar-refractivity contribution >= 4 is 11.7 Å². The van der Waals surface area contributed by atoms with Crippen LogP contribution in [0.25, 0.3) is 0 Å². The number of rotatable bonds is 2. The predicted molar refractivity (Wildman–Crippen MR) is 57.6 cm³/mol. The van der Waals surface area contributed by atoms with Crippen LogP contribution in [-0.2, 0) is 11.8 Å². The van der Waals surface area contributed by atoms with Gasteiger partial charge in [-0.3, -0.25) is 9.48 Å². The number of carbonyl (C=O) groups excluding carboxylic acids is 1. The first-order chi connectivity index (χ1) is 7.16. The third kappa shape index (κ3) is 2.18. The lowest BCUT2D eigenvalue weighted by Crippen LogP contribution is -2.35. The van der Waals surface area contributed by atoms with Crippen LogP contribution in [0.15, 0.2) is 6.07 Å². The molecule has 1 amide bonds. The van der Waals surface area contributed by atoms with E-state index in [1.807, 2.05) is 20.0 Å². The van der Waals surface area contributed by atoms with Gasteiger partial charge in [0.25, 0.3) is 0 Å². The molecular formula is C10H16N4O. The molecule has 1 atom stereocenters. The molecule has 1 aromatic heterocycles. The van der Waals surface area contributed by atoms with Gasteiger partial charge in [-0.1, -0.05) is 0 Å². The number of aromatic nitrogens is 2. The highest BCUT2D eigenvalue weighted by molar-refractivity contribution is 5.94. The monoisotopic (exact) mass is 208 g/mol. The maximum atomic E-state index is 11.8.